The molecule has 8 nitrogen and oxygen atoms in total. The highest BCUT2D eigenvalue weighted by molar-refractivity contribution is 14.0. The van der Waals surface area contributed by atoms with Crippen LogP contribution in [-0.2, 0) is 6.42 Å². The first-order valence-electron chi connectivity index (χ1n) is 8.84. The molecule has 0 aliphatic heterocycles. The lowest BCUT2D eigenvalue weighted by atomic mass is 10.2. The standard InChI is InChI=1S/C19H24N6O2.HI/c1-14-5-7-15(8-6-14)26-13-11-22-19(20-2)21-10-9-17-23-18(25-24-17)16-4-3-12-27-16;/h3-8,12H,9-11,13H2,1-2H3,(H2,20,21,22)(H,23,24,25);1H. The molecule has 3 rings (SSSR count). The van der Waals surface area contributed by atoms with Crippen molar-refractivity contribution in [2.45, 2.75) is 13.3 Å². The van der Waals surface area contributed by atoms with Crippen LogP contribution in [0.15, 0.2) is 52.1 Å². The highest BCUT2D eigenvalue weighted by Crippen LogP contribution is 2.14. The van der Waals surface area contributed by atoms with E-state index in [1.807, 2.05) is 36.4 Å². The van der Waals surface area contributed by atoms with Gasteiger partial charge in [-0.3, -0.25) is 10.1 Å². The number of benzene rings is 1. The van der Waals surface area contributed by atoms with E-state index in [1.165, 1.54) is 5.56 Å². The molecule has 0 amide bonds. The fourth-order valence-electron chi connectivity index (χ4n) is 2.42. The second-order valence-electron chi connectivity index (χ2n) is 5.92. The molecule has 3 N–H and O–H groups in total. The Hall–Kier alpha value is -2.56. The molecule has 150 valence electrons. The Bertz CT molecular complexity index is 846. The third-order valence-electron chi connectivity index (χ3n) is 3.84. The first-order valence-corrected chi connectivity index (χ1v) is 8.84. The molecule has 0 aliphatic rings. The number of aryl methyl sites for hydroxylation is 1. The maximum atomic E-state index is 5.69. The summed E-state index contributed by atoms with van der Waals surface area (Å²) in [6, 6.07) is 11.6. The summed E-state index contributed by atoms with van der Waals surface area (Å²) in [7, 11) is 1.74. The minimum absolute atomic E-state index is 0. The molecule has 1 aromatic carbocycles. The fourth-order valence-corrected chi connectivity index (χ4v) is 2.42. The third-order valence-corrected chi connectivity index (χ3v) is 3.84. The first kappa shape index (κ1) is 21.7. The van der Waals surface area contributed by atoms with Crippen LogP contribution in [0, 0.1) is 6.92 Å². The van der Waals surface area contributed by atoms with Crippen LogP contribution in [0.5, 0.6) is 5.75 Å². The van der Waals surface area contributed by atoms with Gasteiger partial charge in [0.2, 0.25) is 5.82 Å². The van der Waals surface area contributed by atoms with E-state index in [0.717, 1.165) is 11.6 Å². The number of aliphatic imine (C=N–C) groups is 1. The lowest BCUT2D eigenvalue weighted by Gasteiger charge is -2.12. The first-order chi connectivity index (χ1) is 13.2. The van der Waals surface area contributed by atoms with Crippen molar-refractivity contribution in [1.29, 1.82) is 0 Å². The zero-order chi connectivity index (χ0) is 18.9. The molecule has 2 aromatic heterocycles. The number of hydrogen-bond donors (Lipinski definition) is 3. The van der Waals surface area contributed by atoms with Gasteiger partial charge >= 0.3 is 0 Å². The van der Waals surface area contributed by atoms with Crippen molar-refractivity contribution in [3.05, 3.63) is 54.0 Å². The average molecular weight is 496 g/mol. The molecule has 0 aliphatic carbocycles. The van der Waals surface area contributed by atoms with Gasteiger partial charge in [0.05, 0.1) is 12.8 Å². The van der Waals surface area contributed by atoms with E-state index >= 15 is 0 Å². The maximum absolute atomic E-state index is 5.69. The third kappa shape index (κ3) is 6.55. The predicted molar refractivity (Wildman–Crippen MR) is 119 cm³/mol. The number of furan rings is 1. The number of aromatic nitrogens is 3. The van der Waals surface area contributed by atoms with Crippen LogP contribution >= 0.6 is 24.0 Å². The largest absolute Gasteiger partial charge is 0.492 e. The van der Waals surface area contributed by atoms with Crippen LogP contribution < -0.4 is 15.4 Å². The van der Waals surface area contributed by atoms with Crippen molar-refractivity contribution in [1.82, 2.24) is 25.8 Å². The summed E-state index contributed by atoms with van der Waals surface area (Å²) in [5.41, 5.74) is 1.22. The maximum Gasteiger partial charge on any atom is 0.216 e. The summed E-state index contributed by atoms with van der Waals surface area (Å²) in [6.07, 6.45) is 2.29. The summed E-state index contributed by atoms with van der Waals surface area (Å²) < 4.78 is 11.0. The lowest BCUT2D eigenvalue weighted by Crippen LogP contribution is -2.40. The summed E-state index contributed by atoms with van der Waals surface area (Å²) in [4.78, 5) is 8.61. The van der Waals surface area contributed by atoms with Crippen LogP contribution in [0.2, 0.25) is 0 Å². The van der Waals surface area contributed by atoms with E-state index in [4.69, 9.17) is 9.15 Å². The number of halogens is 1. The molecular weight excluding hydrogens is 471 g/mol. The van der Waals surface area contributed by atoms with Gasteiger partial charge in [0, 0.05) is 20.0 Å². The Labute approximate surface area is 181 Å². The second kappa shape index (κ2) is 11.3. The second-order valence-corrected chi connectivity index (χ2v) is 5.92. The molecule has 0 unspecified atom stereocenters. The molecule has 3 aromatic rings. The van der Waals surface area contributed by atoms with Crippen LogP contribution in [0.25, 0.3) is 11.6 Å². The monoisotopic (exact) mass is 496 g/mol. The summed E-state index contributed by atoms with van der Waals surface area (Å²) in [6.45, 7) is 3.93. The molecule has 0 bridgehead atoms. The minimum atomic E-state index is 0. The van der Waals surface area contributed by atoms with E-state index in [1.54, 1.807) is 13.3 Å². The van der Waals surface area contributed by atoms with Gasteiger partial charge in [-0.1, -0.05) is 17.7 Å². The number of nitrogens with one attached hydrogen (secondary N) is 3. The molecule has 0 fully saturated rings. The van der Waals surface area contributed by atoms with Crippen molar-refractivity contribution in [3.8, 4) is 17.3 Å². The average Bonchev–Trinajstić information content (AvgIpc) is 3.36. The molecule has 0 radical (unpaired) electrons. The van der Waals surface area contributed by atoms with Gasteiger partial charge in [0.25, 0.3) is 0 Å². The topological polar surface area (TPSA) is 100 Å². The van der Waals surface area contributed by atoms with Crippen molar-refractivity contribution >= 4 is 29.9 Å². The highest BCUT2D eigenvalue weighted by Gasteiger charge is 2.08. The Morgan fingerprint density at radius 3 is 2.68 bits per heavy atom. The molecule has 9 heteroatoms. The van der Waals surface area contributed by atoms with E-state index in [0.29, 0.717) is 43.7 Å². The van der Waals surface area contributed by atoms with Gasteiger partial charge in [0.1, 0.15) is 18.2 Å². The number of nitrogens with zero attached hydrogens (tertiary/aromatic N) is 3. The molecule has 0 saturated carbocycles. The van der Waals surface area contributed by atoms with Gasteiger partial charge in [0.15, 0.2) is 11.7 Å². The molecule has 0 saturated heterocycles. The van der Waals surface area contributed by atoms with Crippen LogP contribution in [0.1, 0.15) is 11.4 Å². The van der Waals surface area contributed by atoms with E-state index in [9.17, 15) is 0 Å². The van der Waals surface area contributed by atoms with Crippen LogP contribution in [0.3, 0.4) is 0 Å². The van der Waals surface area contributed by atoms with E-state index in [2.05, 4.69) is 37.7 Å². The van der Waals surface area contributed by atoms with E-state index in [-0.39, 0.29) is 24.0 Å². The van der Waals surface area contributed by atoms with Crippen LogP contribution in [0.4, 0.5) is 0 Å². The SMILES string of the molecule is CN=C(NCCOc1ccc(C)cc1)NCCc1nc(-c2ccco2)n[nH]1.I. The molecule has 2 heterocycles. The smallest absolute Gasteiger partial charge is 0.216 e. The summed E-state index contributed by atoms with van der Waals surface area (Å²) in [5, 5.41) is 13.5. The number of guanidine groups is 1. The molecule has 28 heavy (non-hydrogen) atoms. The Morgan fingerprint density at radius 2 is 1.96 bits per heavy atom. The minimum Gasteiger partial charge on any atom is -0.492 e. The Kier molecular flexibility index (Phi) is 8.79. The number of H-pyrrole nitrogens is 1. The zero-order valence-corrected chi connectivity index (χ0v) is 18.3. The van der Waals surface area contributed by atoms with E-state index < -0.39 is 0 Å². The van der Waals surface area contributed by atoms with Crippen molar-refractivity contribution in [2.24, 2.45) is 4.99 Å². The zero-order valence-electron chi connectivity index (χ0n) is 15.9. The number of rotatable bonds is 8. The molecular formula is C19H25IN6O2. The highest BCUT2D eigenvalue weighted by atomic mass is 127. The summed E-state index contributed by atoms with van der Waals surface area (Å²) >= 11 is 0. The fraction of sp³-hybridized carbons (Fsp3) is 0.316. The summed E-state index contributed by atoms with van der Waals surface area (Å²) in [5.74, 6) is 3.57. The number of hydrogen-bond acceptors (Lipinski definition) is 5. The van der Waals surface area contributed by atoms with Crippen LogP contribution in [-0.4, -0.2) is 47.9 Å². The van der Waals surface area contributed by atoms with Crippen molar-refractivity contribution < 1.29 is 9.15 Å². The van der Waals surface area contributed by atoms with Gasteiger partial charge in [-0.15, -0.1) is 24.0 Å². The van der Waals surface area contributed by atoms with Gasteiger partial charge in [-0.25, -0.2) is 4.98 Å². The Morgan fingerprint density at radius 1 is 1.18 bits per heavy atom. The van der Waals surface area contributed by atoms with Gasteiger partial charge in [-0.05, 0) is 31.2 Å². The molecule has 0 spiro atoms. The van der Waals surface area contributed by atoms with Gasteiger partial charge < -0.3 is 19.8 Å². The lowest BCUT2D eigenvalue weighted by molar-refractivity contribution is 0.322. The predicted octanol–water partition coefficient (Wildman–Crippen LogP) is 2.78. The van der Waals surface area contributed by atoms with Crippen molar-refractivity contribution in [2.75, 3.05) is 26.7 Å². The normalized spacial score (nSPS) is 11.0. The quantitative estimate of drug-likeness (QED) is 0.192. The Balaban J connectivity index is 0.00000280. The van der Waals surface area contributed by atoms with Crippen molar-refractivity contribution in [3.63, 3.8) is 0 Å². The van der Waals surface area contributed by atoms with Gasteiger partial charge in [-0.2, -0.15) is 5.10 Å². The number of ether oxygens (including phenoxy) is 1. The molecule has 0 atom stereocenters. The number of aromatic amines is 1.